The summed E-state index contributed by atoms with van der Waals surface area (Å²) in [7, 11) is -3.67. The molecule has 0 amide bonds. The van der Waals surface area contributed by atoms with Gasteiger partial charge in [0.25, 0.3) is 0 Å². The van der Waals surface area contributed by atoms with E-state index in [1.54, 1.807) is 0 Å². The summed E-state index contributed by atoms with van der Waals surface area (Å²) in [6.07, 6.45) is 0. The monoisotopic (exact) mass is 200 g/mol. The molecule has 3 nitrogen and oxygen atoms in total. The van der Waals surface area contributed by atoms with Gasteiger partial charge in [-0.15, -0.1) is 0 Å². The molecule has 56 valence electrons. The van der Waals surface area contributed by atoms with Crippen LogP contribution in [0.5, 0.6) is 0 Å². The van der Waals surface area contributed by atoms with Crippen molar-refractivity contribution in [2.45, 2.75) is 0 Å². The second kappa shape index (κ2) is 15.6. The van der Waals surface area contributed by atoms with Crippen LogP contribution in [-0.2, 0) is 11.8 Å². The van der Waals surface area contributed by atoms with Crippen molar-refractivity contribution in [1.29, 1.82) is 0 Å². The van der Waals surface area contributed by atoms with Gasteiger partial charge in [-0.2, -0.15) is 11.8 Å². The quantitative estimate of drug-likeness (QED) is 0.287. The maximum absolute atomic E-state index is 9.67. The summed E-state index contributed by atoms with van der Waals surface area (Å²) in [6.45, 7) is -4.56. The second-order valence-electron chi connectivity index (χ2n) is 0.695. The molecule has 0 aromatic heterocycles. The molecule has 0 bridgehead atoms. The average molecular weight is 200 g/mol. The van der Waals surface area contributed by atoms with Gasteiger partial charge in [-0.25, -0.2) is 0 Å². The number of rotatable bonds is 0. The molecule has 0 aliphatic heterocycles. The smallest absolute Gasteiger partial charge is 0.844 e. The largest absolute Gasteiger partial charge is 1.00 e. The van der Waals surface area contributed by atoms with E-state index in [2.05, 4.69) is 11.8 Å². The molecular weight excluding hydrogens is 200 g/mol. The average Bonchev–Trinajstić information content (AvgIpc) is 1.19. The van der Waals surface area contributed by atoms with Gasteiger partial charge in [0.15, 0.2) is 0 Å². The molecule has 0 radical (unpaired) electrons. The van der Waals surface area contributed by atoms with Gasteiger partial charge in [0.2, 0.25) is 0 Å². The van der Waals surface area contributed by atoms with Crippen LogP contribution in [0.1, 0.15) is 0 Å². The van der Waals surface area contributed by atoms with Crippen molar-refractivity contribution in [1.82, 2.24) is 0 Å². The molecule has 0 N–H and O–H groups in total. The maximum Gasteiger partial charge on any atom is 1.00 e. The van der Waals surface area contributed by atoms with Crippen molar-refractivity contribution in [3.05, 3.63) is 0 Å². The van der Waals surface area contributed by atoms with Crippen LogP contribution < -0.4 is 71.3 Å². The van der Waals surface area contributed by atoms with Crippen LogP contribution in [0.2, 0.25) is 0 Å². The van der Waals surface area contributed by atoms with Crippen molar-refractivity contribution in [2.24, 2.45) is 0 Å². The molecule has 0 saturated carbocycles. The topological polar surface area (TPSA) is 69.2 Å². The van der Waals surface area contributed by atoms with Gasteiger partial charge in [0.05, 0.1) is 0 Å². The fourth-order valence-electron chi connectivity index (χ4n) is 0. The van der Waals surface area contributed by atoms with Crippen LogP contribution in [0.3, 0.4) is 0 Å². The number of halogens is 3. The molecule has 12 heavy (non-hydrogen) atoms. The van der Waals surface area contributed by atoms with Crippen molar-refractivity contribution in [3.63, 3.8) is 0 Å². The van der Waals surface area contributed by atoms with Gasteiger partial charge in [-0.05, 0) is 0 Å². The molecule has 0 aromatic carbocycles. The summed E-state index contributed by atoms with van der Waals surface area (Å²) in [4.78, 5) is 26.8. The third-order valence-corrected chi connectivity index (χ3v) is 0. The van der Waals surface area contributed by atoms with E-state index in [4.69, 9.17) is 14.7 Å². The molecular formula is BF3Li3O3PS. The molecule has 0 aromatic rings. The van der Waals surface area contributed by atoms with E-state index in [0.29, 0.717) is 0 Å². The minimum absolute atomic E-state index is 0. The Morgan fingerprint density at radius 2 is 0.917 bits per heavy atom. The molecule has 0 aliphatic rings. The van der Waals surface area contributed by atoms with Gasteiger partial charge in [0.1, 0.15) is 0 Å². The molecule has 0 spiro atoms. The predicted octanol–water partition coefficient (Wildman–Crippen LogP) is -10.8. The van der Waals surface area contributed by atoms with Gasteiger partial charge in [-0.3, -0.25) is 12.9 Å². The zero-order valence-corrected chi connectivity index (χ0v) is 8.50. The Morgan fingerprint density at radius 1 is 0.917 bits per heavy atom. The zero-order valence-electron chi connectivity index (χ0n) is 6.79. The molecule has 0 fully saturated rings. The van der Waals surface area contributed by atoms with Crippen molar-refractivity contribution >= 4 is 26.1 Å². The van der Waals surface area contributed by atoms with Gasteiger partial charge in [0, 0.05) is 0 Å². The van der Waals surface area contributed by atoms with Crippen LogP contribution in [0.25, 0.3) is 0 Å². The van der Waals surface area contributed by atoms with Crippen molar-refractivity contribution in [2.75, 3.05) is 0 Å². The number of hydrogen-bond acceptors (Lipinski definition) is 4. The maximum atomic E-state index is 9.67. The predicted molar refractivity (Wildman–Crippen MR) is 23.4 cm³/mol. The summed E-state index contributed by atoms with van der Waals surface area (Å²) in [5, 5.41) is 0. The third kappa shape index (κ3) is 321. The standard InChI is InChI=1S/BF3.3Li.H3O3PS/c2-1(3)4;;;;1-4(2,3)5/h;;;;(H3,1,2,3,5)/q;3*+1;/p-3. The van der Waals surface area contributed by atoms with Crippen LogP contribution in [-0.4, -0.2) is 7.54 Å². The van der Waals surface area contributed by atoms with Crippen LogP contribution in [0, 0.1) is 0 Å². The second-order valence-corrected chi connectivity index (χ2v) is 2.93. The van der Waals surface area contributed by atoms with E-state index >= 15 is 0 Å². The molecule has 0 heterocycles. The fourth-order valence-corrected chi connectivity index (χ4v) is 0. The first-order valence-electron chi connectivity index (χ1n) is 1.38. The van der Waals surface area contributed by atoms with Gasteiger partial charge in [-0.1, -0.05) is 0 Å². The first-order valence-corrected chi connectivity index (χ1v) is 3.94. The molecule has 0 saturated heterocycles. The van der Waals surface area contributed by atoms with E-state index in [9.17, 15) is 12.9 Å². The Bertz CT molecular complexity index is 99.9. The number of hydrogen-bond donors (Lipinski definition) is 0. The zero-order chi connectivity index (χ0) is 8.08. The van der Waals surface area contributed by atoms with Crippen LogP contribution >= 0.6 is 6.72 Å². The Balaban J connectivity index is -0.0000000221. The van der Waals surface area contributed by atoms with Gasteiger partial charge < -0.3 is 21.4 Å². The Kier molecular flexibility index (Phi) is 38.1. The van der Waals surface area contributed by atoms with E-state index in [1.165, 1.54) is 0 Å². The normalized spacial score (nSPS) is 7.17. The minimum atomic E-state index is -4.56. The van der Waals surface area contributed by atoms with Crippen LogP contribution in [0.4, 0.5) is 12.9 Å². The summed E-state index contributed by atoms with van der Waals surface area (Å²) in [5.74, 6) is 0. The van der Waals surface area contributed by atoms with Crippen LogP contribution in [0.15, 0.2) is 0 Å². The third-order valence-electron chi connectivity index (χ3n) is 0. The molecule has 0 atom stereocenters. The molecule has 0 unspecified atom stereocenters. The first-order chi connectivity index (χ1) is 3.73. The summed E-state index contributed by atoms with van der Waals surface area (Å²) in [6, 6.07) is 0. The van der Waals surface area contributed by atoms with E-state index in [0.717, 1.165) is 0 Å². The van der Waals surface area contributed by atoms with Crippen molar-refractivity contribution < 1.29 is 84.2 Å². The molecule has 0 aliphatic carbocycles. The van der Waals surface area contributed by atoms with Crippen molar-refractivity contribution in [3.8, 4) is 0 Å². The van der Waals surface area contributed by atoms with E-state index in [-0.39, 0.29) is 56.6 Å². The Labute approximate surface area is 110 Å². The van der Waals surface area contributed by atoms with Gasteiger partial charge >= 0.3 is 64.1 Å². The summed E-state index contributed by atoms with van der Waals surface area (Å²) >= 11 is 3.27. The molecule has 12 heteroatoms. The van der Waals surface area contributed by atoms with E-state index in [1.807, 2.05) is 0 Å². The minimum Gasteiger partial charge on any atom is -0.844 e. The Morgan fingerprint density at radius 3 is 0.917 bits per heavy atom. The van der Waals surface area contributed by atoms with E-state index < -0.39 is 14.3 Å². The molecule has 0 rings (SSSR count). The fraction of sp³-hybridized carbons (Fsp3) is 0. The first kappa shape index (κ1) is 29.2. The SMILES string of the molecule is FB(F)F.[Li+].[Li+].[Li+].[O-]P([O-])([O-])=S. The summed E-state index contributed by atoms with van der Waals surface area (Å²) in [5.41, 5.74) is 0. The Hall–Kier alpha value is 2.18. The summed E-state index contributed by atoms with van der Waals surface area (Å²) < 4.78 is 29.0.